The van der Waals surface area contributed by atoms with Crippen molar-refractivity contribution in [3.63, 3.8) is 0 Å². The Morgan fingerprint density at radius 1 is 1.41 bits per heavy atom. The lowest BCUT2D eigenvalue weighted by Gasteiger charge is -2.33. The van der Waals surface area contributed by atoms with E-state index in [9.17, 15) is 4.79 Å². The van der Waals surface area contributed by atoms with Crippen LogP contribution in [-0.4, -0.2) is 42.5 Å². The fraction of sp³-hybridized carbons (Fsp3) is 0.923. The first-order valence-corrected chi connectivity index (χ1v) is 6.86. The van der Waals surface area contributed by atoms with E-state index in [4.69, 9.17) is 5.73 Å². The predicted molar refractivity (Wildman–Crippen MR) is 68.6 cm³/mol. The van der Waals surface area contributed by atoms with Gasteiger partial charge < -0.3 is 11.1 Å². The summed E-state index contributed by atoms with van der Waals surface area (Å²) in [7, 11) is 2.07. The Kier molecular flexibility index (Phi) is 4.05. The summed E-state index contributed by atoms with van der Waals surface area (Å²) in [5.74, 6) is 0.744. The van der Waals surface area contributed by atoms with Crippen molar-refractivity contribution in [1.29, 1.82) is 0 Å². The van der Waals surface area contributed by atoms with Crippen LogP contribution >= 0.6 is 0 Å². The average Bonchev–Trinajstić information content (AvgIpc) is 3.00. The van der Waals surface area contributed by atoms with E-state index in [0.29, 0.717) is 18.0 Å². The van der Waals surface area contributed by atoms with Crippen LogP contribution in [0, 0.1) is 5.92 Å². The third-order valence-electron chi connectivity index (χ3n) is 4.36. The van der Waals surface area contributed by atoms with Gasteiger partial charge in [0.15, 0.2) is 0 Å². The van der Waals surface area contributed by atoms with Crippen LogP contribution in [-0.2, 0) is 4.79 Å². The van der Waals surface area contributed by atoms with E-state index in [1.54, 1.807) is 0 Å². The van der Waals surface area contributed by atoms with Gasteiger partial charge >= 0.3 is 0 Å². The molecule has 2 aliphatic carbocycles. The molecule has 0 spiro atoms. The van der Waals surface area contributed by atoms with Gasteiger partial charge in [-0.2, -0.15) is 0 Å². The highest BCUT2D eigenvalue weighted by Crippen LogP contribution is 2.29. The number of nitrogens with one attached hydrogen (secondary N) is 1. The lowest BCUT2D eigenvalue weighted by Crippen LogP contribution is -2.50. The van der Waals surface area contributed by atoms with Crippen molar-refractivity contribution < 1.29 is 4.79 Å². The Bertz CT molecular complexity index is 278. The number of carbonyl (C=O) groups excluding carboxylic acids is 1. The summed E-state index contributed by atoms with van der Waals surface area (Å²) in [6, 6.07) is 0.903. The third kappa shape index (κ3) is 2.99. The average molecular weight is 239 g/mol. The largest absolute Gasteiger partial charge is 0.352 e. The Balaban J connectivity index is 1.88. The minimum atomic E-state index is -0.0345. The Morgan fingerprint density at radius 2 is 2.12 bits per heavy atom. The van der Waals surface area contributed by atoms with Gasteiger partial charge in [0.25, 0.3) is 0 Å². The lowest BCUT2D eigenvalue weighted by molar-refractivity contribution is -0.126. The molecule has 0 aliphatic heterocycles. The highest BCUT2D eigenvalue weighted by Gasteiger charge is 2.34. The molecule has 0 heterocycles. The first-order chi connectivity index (χ1) is 8.13. The maximum Gasteiger partial charge on any atom is 0.237 e. The summed E-state index contributed by atoms with van der Waals surface area (Å²) in [5.41, 5.74) is 5.80. The number of nitrogens with two attached hydrogens (primary N) is 1. The zero-order chi connectivity index (χ0) is 12.4. The van der Waals surface area contributed by atoms with Crippen LogP contribution in [0.2, 0.25) is 0 Å². The van der Waals surface area contributed by atoms with Gasteiger partial charge in [-0.3, -0.25) is 9.69 Å². The summed E-state index contributed by atoms with van der Waals surface area (Å²) in [5, 5.41) is 3.08. The fourth-order valence-electron chi connectivity index (χ4n) is 2.85. The molecular weight excluding hydrogens is 214 g/mol. The van der Waals surface area contributed by atoms with Crippen molar-refractivity contribution in [1.82, 2.24) is 10.2 Å². The number of hydrogen-bond donors (Lipinski definition) is 2. The molecule has 4 heteroatoms. The minimum Gasteiger partial charge on any atom is -0.352 e. The van der Waals surface area contributed by atoms with Crippen molar-refractivity contribution >= 4 is 5.91 Å². The van der Waals surface area contributed by atoms with E-state index in [-0.39, 0.29) is 11.9 Å². The highest BCUT2D eigenvalue weighted by atomic mass is 16.2. The molecule has 2 saturated carbocycles. The fourth-order valence-corrected chi connectivity index (χ4v) is 2.85. The monoisotopic (exact) mass is 239 g/mol. The smallest absolute Gasteiger partial charge is 0.237 e. The normalized spacial score (nSPS) is 30.6. The number of likely N-dealkylation sites (N-methyl/N-ethyl adjacent to an activating group) is 1. The van der Waals surface area contributed by atoms with Crippen LogP contribution in [0.4, 0.5) is 0 Å². The van der Waals surface area contributed by atoms with Crippen LogP contribution < -0.4 is 11.1 Å². The van der Waals surface area contributed by atoms with Crippen molar-refractivity contribution in [3.05, 3.63) is 0 Å². The van der Waals surface area contributed by atoms with Crippen LogP contribution in [0.15, 0.2) is 0 Å². The summed E-state index contributed by atoms with van der Waals surface area (Å²) in [6.07, 6.45) is 5.93. The third-order valence-corrected chi connectivity index (χ3v) is 4.36. The molecule has 17 heavy (non-hydrogen) atoms. The summed E-state index contributed by atoms with van der Waals surface area (Å²) in [4.78, 5) is 14.2. The molecule has 3 atom stereocenters. The molecule has 4 nitrogen and oxygen atoms in total. The SMILES string of the molecule is CC(C(=O)NC1CC1)N(C)C1CCCC1CN. The zero-order valence-corrected chi connectivity index (χ0v) is 11.0. The molecule has 0 aromatic rings. The molecule has 2 fully saturated rings. The van der Waals surface area contributed by atoms with Gasteiger partial charge in [-0.1, -0.05) is 6.42 Å². The van der Waals surface area contributed by atoms with Gasteiger partial charge in [0.2, 0.25) is 5.91 Å². The Labute approximate surface area is 104 Å². The van der Waals surface area contributed by atoms with E-state index >= 15 is 0 Å². The lowest BCUT2D eigenvalue weighted by atomic mass is 10.0. The van der Waals surface area contributed by atoms with Gasteiger partial charge in [0.1, 0.15) is 0 Å². The zero-order valence-electron chi connectivity index (χ0n) is 11.0. The standard InChI is InChI=1S/C13H25N3O/c1-9(13(17)15-11-6-7-11)16(2)12-5-3-4-10(12)8-14/h9-12H,3-8,14H2,1-2H3,(H,15,17). The van der Waals surface area contributed by atoms with Crippen LogP contribution in [0.3, 0.4) is 0 Å². The van der Waals surface area contributed by atoms with E-state index in [2.05, 4.69) is 17.3 Å². The van der Waals surface area contributed by atoms with Crippen molar-refractivity contribution in [2.45, 2.75) is 57.2 Å². The second-order valence-corrected chi connectivity index (χ2v) is 5.62. The molecule has 0 bridgehead atoms. The Hall–Kier alpha value is -0.610. The van der Waals surface area contributed by atoms with Gasteiger partial charge in [-0.15, -0.1) is 0 Å². The van der Waals surface area contributed by atoms with Gasteiger partial charge in [0.05, 0.1) is 6.04 Å². The molecule has 0 aromatic heterocycles. The molecule has 0 saturated heterocycles. The number of rotatable bonds is 5. The molecule has 2 aliphatic rings. The second-order valence-electron chi connectivity index (χ2n) is 5.62. The predicted octanol–water partition coefficient (Wildman–Crippen LogP) is 0.713. The first kappa shape index (κ1) is 12.8. The van der Waals surface area contributed by atoms with Crippen molar-refractivity contribution in [2.24, 2.45) is 11.7 Å². The van der Waals surface area contributed by atoms with Gasteiger partial charge in [0, 0.05) is 12.1 Å². The number of nitrogens with zero attached hydrogens (tertiary/aromatic N) is 1. The van der Waals surface area contributed by atoms with E-state index in [0.717, 1.165) is 19.4 Å². The molecule has 0 aromatic carbocycles. The molecule has 98 valence electrons. The second kappa shape index (κ2) is 5.36. The summed E-state index contributed by atoms with van der Waals surface area (Å²) in [6.45, 7) is 2.75. The summed E-state index contributed by atoms with van der Waals surface area (Å²) >= 11 is 0. The van der Waals surface area contributed by atoms with Crippen LogP contribution in [0.25, 0.3) is 0 Å². The maximum atomic E-state index is 12.0. The Morgan fingerprint density at radius 3 is 2.71 bits per heavy atom. The molecule has 3 unspecified atom stereocenters. The molecule has 3 N–H and O–H groups in total. The first-order valence-electron chi connectivity index (χ1n) is 6.86. The van der Waals surface area contributed by atoms with Crippen LogP contribution in [0.1, 0.15) is 39.0 Å². The summed E-state index contributed by atoms with van der Waals surface area (Å²) < 4.78 is 0. The van der Waals surface area contributed by atoms with E-state index in [1.807, 2.05) is 6.92 Å². The van der Waals surface area contributed by atoms with Crippen molar-refractivity contribution in [2.75, 3.05) is 13.6 Å². The van der Waals surface area contributed by atoms with Gasteiger partial charge in [-0.25, -0.2) is 0 Å². The molecule has 1 amide bonds. The quantitative estimate of drug-likeness (QED) is 0.743. The number of amides is 1. The molecule has 0 radical (unpaired) electrons. The topological polar surface area (TPSA) is 58.4 Å². The highest BCUT2D eigenvalue weighted by molar-refractivity contribution is 5.81. The maximum absolute atomic E-state index is 12.0. The molecular formula is C13H25N3O. The van der Waals surface area contributed by atoms with Crippen LogP contribution in [0.5, 0.6) is 0 Å². The van der Waals surface area contributed by atoms with E-state index < -0.39 is 0 Å². The van der Waals surface area contributed by atoms with Gasteiger partial charge in [-0.05, 0) is 52.1 Å². The number of carbonyl (C=O) groups is 1. The number of hydrogen-bond acceptors (Lipinski definition) is 3. The van der Waals surface area contributed by atoms with E-state index in [1.165, 1.54) is 19.3 Å². The van der Waals surface area contributed by atoms with Crippen molar-refractivity contribution in [3.8, 4) is 0 Å². The minimum absolute atomic E-state index is 0.0345. The molecule has 2 rings (SSSR count).